The molecule has 0 aliphatic heterocycles. The van der Waals surface area contributed by atoms with Crippen molar-refractivity contribution in [3.05, 3.63) is 91.9 Å². The largest absolute Gasteiger partial charge is 4.00 e. The first kappa shape index (κ1) is 34.9. The number of fused-ring (bicyclic) bond motifs is 1. The Morgan fingerprint density at radius 2 is 1.12 bits per heavy atom. The van der Waals surface area contributed by atoms with Crippen molar-refractivity contribution in [2.45, 2.75) is 34.6 Å². The van der Waals surface area contributed by atoms with Gasteiger partial charge in [-0.05, 0) is 62.0 Å². The fourth-order valence-corrected chi connectivity index (χ4v) is 2.59. The molecule has 1 aromatic carbocycles. The van der Waals surface area contributed by atoms with E-state index in [1.165, 1.54) is 42.1 Å². The number of carbonyl (C=O) groups is 1. The summed E-state index contributed by atoms with van der Waals surface area (Å²) in [5.41, 5.74) is 0.642. The van der Waals surface area contributed by atoms with Crippen LogP contribution in [0.1, 0.15) is 45.1 Å². The van der Waals surface area contributed by atoms with E-state index in [-0.39, 0.29) is 25.2 Å². The number of carboxylic acid groups (broad SMARTS) is 1. The summed E-state index contributed by atoms with van der Waals surface area (Å²) in [5, 5.41) is 11.4. The van der Waals surface area contributed by atoms with E-state index >= 15 is 0 Å². The van der Waals surface area contributed by atoms with Gasteiger partial charge >= 0.3 is 52.5 Å². The summed E-state index contributed by atoms with van der Waals surface area (Å²) in [6, 6.07) is 10.5. The normalized spacial score (nSPS) is 17.6. The Labute approximate surface area is 210 Å². The minimum absolute atomic E-state index is 0. The van der Waals surface area contributed by atoms with Gasteiger partial charge in [0.05, 0.1) is 17.2 Å². The summed E-state index contributed by atoms with van der Waals surface area (Å²) in [6.45, 7) is 17.5. The minimum atomic E-state index is -10.7. The summed E-state index contributed by atoms with van der Waals surface area (Å²) >= 11 is 0. The Morgan fingerprint density at radius 3 is 1.44 bits per heavy atom. The Bertz CT molecular complexity index is 855. The molecule has 188 valence electrons. The standard InChI is InChI=1S/C10H7NO2.C10H15.C3H5.F6P.Ru/c12-10(13)9-6-5-7-3-1-2-4-8(7)11-9;1-6-7(2)9(4)10(5)8(6)3;1-3-2;1-7(2,3,4,5)6;/h1-6H,(H,12,13);1-5H3;3H,1-2H2;;/q;;;-1;+4/p-1. The molecule has 1 aromatic heterocycles. The maximum atomic E-state index is 10.5. The molecule has 1 heterocycles. The maximum absolute atomic E-state index is 10.7. The van der Waals surface area contributed by atoms with E-state index in [0.29, 0.717) is 5.52 Å². The van der Waals surface area contributed by atoms with Crippen LogP contribution in [-0.4, -0.2) is 11.0 Å². The van der Waals surface area contributed by atoms with E-state index in [9.17, 15) is 35.1 Å². The second kappa shape index (κ2) is 12.6. The number of pyridine rings is 1. The fourth-order valence-electron chi connectivity index (χ4n) is 2.59. The van der Waals surface area contributed by atoms with Crippen molar-refractivity contribution < 1.29 is 54.6 Å². The molecule has 1 aliphatic rings. The van der Waals surface area contributed by atoms with Gasteiger partial charge in [0.2, 0.25) is 0 Å². The molecule has 8 radical (unpaired) electrons. The van der Waals surface area contributed by atoms with Crippen LogP contribution < -0.4 is 5.11 Å². The fraction of sp³-hybridized carbons (Fsp3) is 0.217. The molecule has 1 saturated carbocycles. The molecule has 1 aliphatic carbocycles. The molecule has 0 unspecified atom stereocenters. The van der Waals surface area contributed by atoms with E-state index < -0.39 is 13.8 Å². The zero-order valence-electron chi connectivity index (χ0n) is 19.3. The topological polar surface area (TPSA) is 53.0 Å². The maximum Gasteiger partial charge on any atom is 4.00 e. The Morgan fingerprint density at radius 1 is 0.794 bits per heavy atom. The number of benzene rings is 1. The van der Waals surface area contributed by atoms with Gasteiger partial charge in [0.25, 0.3) is 0 Å². The Balaban J connectivity index is 0. The van der Waals surface area contributed by atoms with Crippen LogP contribution in [0.15, 0.2) is 36.4 Å². The van der Waals surface area contributed by atoms with Crippen molar-refractivity contribution in [2.24, 2.45) is 0 Å². The molecule has 1 fully saturated rings. The van der Waals surface area contributed by atoms with Crippen LogP contribution in [0.5, 0.6) is 0 Å². The molecule has 0 N–H and O–H groups in total. The molecular formula is C23H26F6NO2PRu+2. The third-order valence-electron chi connectivity index (χ3n) is 4.62. The van der Waals surface area contributed by atoms with Gasteiger partial charge in [0, 0.05) is 5.39 Å². The predicted molar refractivity (Wildman–Crippen MR) is 119 cm³/mol. The number of halogens is 6. The third-order valence-corrected chi connectivity index (χ3v) is 4.62. The molecule has 0 saturated heterocycles. The van der Waals surface area contributed by atoms with Gasteiger partial charge in [-0.15, -0.1) is 0 Å². The van der Waals surface area contributed by atoms with Crippen LogP contribution in [0.25, 0.3) is 10.9 Å². The van der Waals surface area contributed by atoms with Gasteiger partial charge in [-0.3, -0.25) is 0 Å². The monoisotopic (exact) mass is 595 g/mol. The number of rotatable bonds is 1. The number of hydrogen-bond donors (Lipinski definition) is 0. The van der Waals surface area contributed by atoms with Crippen molar-refractivity contribution in [1.82, 2.24) is 4.98 Å². The first-order valence-corrected chi connectivity index (χ1v) is 11.5. The van der Waals surface area contributed by atoms with E-state index in [4.69, 9.17) is 0 Å². The summed E-state index contributed by atoms with van der Waals surface area (Å²) in [6.07, 6.45) is 1.50. The summed E-state index contributed by atoms with van der Waals surface area (Å²) < 4.78 is 59.2. The average Bonchev–Trinajstić information content (AvgIpc) is 2.84. The van der Waals surface area contributed by atoms with Crippen molar-refractivity contribution in [1.29, 1.82) is 0 Å². The average molecular weight is 594 g/mol. The van der Waals surface area contributed by atoms with Crippen LogP contribution in [0, 0.1) is 49.9 Å². The van der Waals surface area contributed by atoms with Crippen LogP contribution in [0.2, 0.25) is 0 Å². The summed E-state index contributed by atoms with van der Waals surface area (Å²) in [7, 11) is -10.7. The molecule has 2 aromatic rings. The number of carbonyl (C=O) groups excluding carboxylic acids is 1. The first-order valence-electron chi connectivity index (χ1n) is 9.42. The Kier molecular flexibility index (Phi) is 13.0. The molecule has 11 heteroatoms. The number of nitrogens with zero attached hydrogens (tertiary/aromatic N) is 1. The second-order valence-corrected chi connectivity index (χ2v) is 8.97. The SMILES string of the molecule is C[C]1[C](C)[C](C)[C](C)[C]1C.F[P-](F)(F)(F)(F)F.O=C([O-])c1ccc2ccccc2n1.[CH2][CH][CH2].[Ru+4]. The van der Waals surface area contributed by atoms with Crippen molar-refractivity contribution in [3.8, 4) is 0 Å². The molecule has 3 nitrogen and oxygen atoms in total. The molecule has 0 spiro atoms. The van der Waals surface area contributed by atoms with E-state index in [1.807, 2.05) is 18.2 Å². The number of carboxylic acids is 1. The first-order chi connectivity index (χ1) is 14.7. The van der Waals surface area contributed by atoms with Crippen molar-refractivity contribution in [2.75, 3.05) is 0 Å². The summed E-state index contributed by atoms with van der Waals surface area (Å²) in [4.78, 5) is 14.4. The number of hydrogen-bond acceptors (Lipinski definition) is 3. The minimum Gasteiger partial charge on any atom is -0.543 e. The van der Waals surface area contributed by atoms with Crippen molar-refractivity contribution >= 4 is 24.7 Å². The zero-order valence-corrected chi connectivity index (χ0v) is 21.9. The number of aromatic nitrogens is 1. The quantitative estimate of drug-likeness (QED) is 0.192. The molecule has 34 heavy (non-hydrogen) atoms. The van der Waals surface area contributed by atoms with Crippen LogP contribution in [0.3, 0.4) is 0 Å². The molecule has 0 bridgehead atoms. The van der Waals surface area contributed by atoms with Gasteiger partial charge in [0.15, 0.2) is 0 Å². The number of aromatic carboxylic acids is 1. The van der Waals surface area contributed by atoms with Crippen molar-refractivity contribution in [3.63, 3.8) is 0 Å². The van der Waals surface area contributed by atoms with Crippen LogP contribution in [0.4, 0.5) is 25.2 Å². The smallest absolute Gasteiger partial charge is 0.543 e. The van der Waals surface area contributed by atoms with Gasteiger partial charge in [0.1, 0.15) is 0 Å². The Hall–Kier alpha value is -1.27. The van der Waals surface area contributed by atoms with Gasteiger partial charge < -0.3 is 9.90 Å². The van der Waals surface area contributed by atoms with Crippen LogP contribution in [-0.2, 0) is 19.5 Å². The predicted octanol–water partition coefficient (Wildman–Crippen LogP) is 7.81. The van der Waals surface area contributed by atoms with Gasteiger partial charge in [-0.1, -0.05) is 58.9 Å². The van der Waals surface area contributed by atoms with E-state index in [2.05, 4.69) is 53.5 Å². The summed E-state index contributed by atoms with van der Waals surface area (Å²) in [5.74, 6) is 6.09. The molecule has 0 atom stereocenters. The third kappa shape index (κ3) is 14.9. The van der Waals surface area contributed by atoms with Crippen LogP contribution >= 0.6 is 7.81 Å². The molecule has 3 rings (SSSR count). The van der Waals surface area contributed by atoms with E-state index in [1.54, 1.807) is 12.1 Å². The van der Waals surface area contributed by atoms with Gasteiger partial charge in [-0.25, -0.2) is 4.98 Å². The number of para-hydroxylation sites is 1. The van der Waals surface area contributed by atoms with E-state index in [0.717, 1.165) is 5.39 Å². The molecule has 0 amide bonds. The van der Waals surface area contributed by atoms with Gasteiger partial charge in [-0.2, -0.15) is 0 Å². The molecular weight excluding hydrogens is 568 g/mol. The second-order valence-electron chi connectivity index (χ2n) is 7.05. The zero-order chi connectivity index (χ0) is 26.3.